The summed E-state index contributed by atoms with van der Waals surface area (Å²) in [5.74, 6) is 6.01. The number of fused-ring (bicyclic) bond motifs is 3. The Bertz CT molecular complexity index is 1460. The van der Waals surface area contributed by atoms with E-state index in [9.17, 15) is 9.50 Å². The number of nitrogens with two attached hydrogens (primary N) is 1. The van der Waals surface area contributed by atoms with E-state index in [4.69, 9.17) is 5.73 Å². The molecule has 11 heteroatoms. The summed E-state index contributed by atoms with van der Waals surface area (Å²) < 4.78 is 18.1. The number of aliphatic hydroxyl groups is 1. The Morgan fingerprint density at radius 1 is 1.11 bits per heavy atom. The molecule has 0 spiro atoms. The van der Waals surface area contributed by atoms with Gasteiger partial charge in [0.05, 0.1) is 29.9 Å². The molecule has 4 heterocycles. The van der Waals surface area contributed by atoms with Crippen LogP contribution in [-0.2, 0) is 6.54 Å². The lowest BCUT2D eigenvalue weighted by Gasteiger charge is -2.36. The highest BCUT2D eigenvalue weighted by molar-refractivity contribution is 5.89. The quantitative estimate of drug-likeness (QED) is 0.394. The van der Waals surface area contributed by atoms with Crippen molar-refractivity contribution in [1.82, 2.24) is 34.3 Å². The van der Waals surface area contributed by atoms with Gasteiger partial charge in [0.15, 0.2) is 11.3 Å². The summed E-state index contributed by atoms with van der Waals surface area (Å²) in [6, 6.07) is 5.06. The third-order valence-electron chi connectivity index (χ3n) is 6.62. The monoisotopic (exact) mass is 491 g/mol. The third-order valence-corrected chi connectivity index (χ3v) is 6.62. The normalized spacial score (nSPS) is 15.6. The molecule has 5 rings (SSSR count). The molecule has 4 aromatic rings. The van der Waals surface area contributed by atoms with E-state index in [1.165, 1.54) is 10.6 Å². The Labute approximate surface area is 208 Å². The lowest BCUT2D eigenvalue weighted by Crippen LogP contribution is -2.47. The smallest absolute Gasteiger partial charge is 0.226 e. The van der Waals surface area contributed by atoms with Gasteiger partial charge in [-0.2, -0.15) is 19.6 Å². The second-order valence-corrected chi connectivity index (χ2v) is 9.35. The molecule has 0 radical (unpaired) electrons. The van der Waals surface area contributed by atoms with Crippen LogP contribution in [0.1, 0.15) is 38.3 Å². The summed E-state index contributed by atoms with van der Waals surface area (Å²) in [5.41, 5.74) is 8.56. The number of anilines is 2. The number of hydrogen-bond acceptors (Lipinski definition) is 8. The SMILES string of the molecule is CC#Cc1nc2c3cnn(CCN4CCN(c5ccc(C(O)C(C)C)cc5F)CC4)c3nc(N)n2n1. The molecule has 10 nitrogen and oxygen atoms in total. The van der Waals surface area contributed by atoms with E-state index in [1.807, 2.05) is 24.6 Å². The van der Waals surface area contributed by atoms with Crippen molar-refractivity contribution in [3.8, 4) is 11.8 Å². The first-order chi connectivity index (χ1) is 17.4. The molecule has 0 aliphatic carbocycles. The van der Waals surface area contributed by atoms with Crippen molar-refractivity contribution in [1.29, 1.82) is 0 Å². The number of aromatic nitrogens is 6. The van der Waals surface area contributed by atoms with Crippen LogP contribution < -0.4 is 10.6 Å². The standard InChI is InChI=1S/C25H30FN9O/c1-4-5-21-29-24-18-15-28-34(23(18)30-25(27)35(24)31-21)13-10-32-8-11-33(12-9-32)20-7-6-17(14-19(20)26)22(36)16(2)3/h6-7,14-16,22,36H,8-13H2,1-3H3,(H2,27,30). The van der Waals surface area contributed by atoms with Crippen molar-refractivity contribution in [2.45, 2.75) is 33.4 Å². The van der Waals surface area contributed by atoms with Crippen LogP contribution in [-0.4, -0.2) is 72.1 Å². The second kappa shape index (κ2) is 9.72. The fourth-order valence-electron chi connectivity index (χ4n) is 4.58. The van der Waals surface area contributed by atoms with E-state index >= 15 is 0 Å². The molecule has 1 fully saturated rings. The molecule has 1 aliphatic rings. The molecule has 36 heavy (non-hydrogen) atoms. The van der Waals surface area contributed by atoms with Crippen LogP contribution >= 0.6 is 0 Å². The van der Waals surface area contributed by atoms with E-state index in [-0.39, 0.29) is 17.7 Å². The Morgan fingerprint density at radius 3 is 2.58 bits per heavy atom. The fourth-order valence-corrected chi connectivity index (χ4v) is 4.58. The number of rotatable bonds is 6. The summed E-state index contributed by atoms with van der Waals surface area (Å²) in [6.45, 7) is 10.0. The maximum atomic E-state index is 14.8. The first kappa shape index (κ1) is 24.0. The van der Waals surface area contributed by atoms with Crippen molar-refractivity contribution in [2.75, 3.05) is 43.4 Å². The van der Waals surface area contributed by atoms with Crippen LogP contribution in [0.4, 0.5) is 16.0 Å². The first-order valence-electron chi connectivity index (χ1n) is 12.1. The van der Waals surface area contributed by atoms with E-state index < -0.39 is 6.10 Å². The fraction of sp³-hybridized carbons (Fsp3) is 0.440. The Morgan fingerprint density at radius 2 is 1.89 bits per heavy atom. The van der Waals surface area contributed by atoms with Gasteiger partial charge in [-0.3, -0.25) is 4.90 Å². The molecular weight excluding hydrogens is 461 g/mol. The zero-order valence-corrected chi connectivity index (χ0v) is 20.7. The zero-order chi connectivity index (χ0) is 25.4. The summed E-state index contributed by atoms with van der Waals surface area (Å²) in [6.07, 6.45) is 1.07. The van der Waals surface area contributed by atoms with E-state index in [2.05, 4.69) is 41.8 Å². The number of piperazine rings is 1. The summed E-state index contributed by atoms with van der Waals surface area (Å²) in [5, 5.41) is 19.8. The Balaban J connectivity index is 1.24. The van der Waals surface area contributed by atoms with Gasteiger partial charge in [-0.25, -0.2) is 9.07 Å². The maximum absolute atomic E-state index is 14.8. The zero-order valence-electron chi connectivity index (χ0n) is 20.7. The first-order valence-corrected chi connectivity index (χ1v) is 12.1. The highest BCUT2D eigenvalue weighted by Crippen LogP contribution is 2.28. The summed E-state index contributed by atoms with van der Waals surface area (Å²) in [7, 11) is 0. The molecule has 3 aromatic heterocycles. The van der Waals surface area contributed by atoms with Gasteiger partial charge in [0, 0.05) is 32.7 Å². The molecule has 1 aromatic carbocycles. The Hall–Kier alpha value is -3.75. The van der Waals surface area contributed by atoms with Gasteiger partial charge in [-0.1, -0.05) is 25.8 Å². The highest BCUT2D eigenvalue weighted by Gasteiger charge is 2.22. The predicted molar refractivity (Wildman–Crippen MR) is 136 cm³/mol. The highest BCUT2D eigenvalue weighted by atomic mass is 19.1. The van der Waals surface area contributed by atoms with Crippen molar-refractivity contribution in [3.63, 3.8) is 0 Å². The average Bonchev–Trinajstić information content (AvgIpc) is 3.47. The third kappa shape index (κ3) is 4.45. The largest absolute Gasteiger partial charge is 0.388 e. The second-order valence-electron chi connectivity index (χ2n) is 9.35. The van der Waals surface area contributed by atoms with Gasteiger partial charge in [-0.05, 0) is 36.5 Å². The van der Waals surface area contributed by atoms with Crippen LogP contribution in [0.25, 0.3) is 16.7 Å². The lowest BCUT2D eigenvalue weighted by molar-refractivity contribution is 0.126. The van der Waals surface area contributed by atoms with Crippen molar-refractivity contribution >= 4 is 28.3 Å². The molecule has 0 saturated carbocycles. The van der Waals surface area contributed by atoms with Gasteiger partial charge in [0.2, 0.25) is 11.8 Å². The molecular formula is C25H30FN9O. The van der Waals surface area contributed by atoms with E-state index in [0.717, 1.165) is 38.1 Å². The van der Waals surface area contributed by atoms with Crippen LogP contribution in [0.3, 0.4) is 0 Å². The van der Waals surface area contributed by atoms with E-state index in [1.54, 1.807) is 19.2 Å². The Kier molecular flexibility index (Phi) is 6.47. The number of aliphatic hydroxyl groups excluding tert-OH is 1. The topological polar surface area (TPSA) is 114 Å². The summed E-state index contributed by atoms with van der Waals surface area (Å²) in [4.78, 5) is 13.3. The van der Waals surface area contributed by atoms with Gasteiger partial charge < -0.3 is 15.7 Å². The van der Waals surface area contributed by atoms with Crippen LogP contribution in [0.15, 0.2) is 24.4 Å². The molecule has 1 unspecified atom stereocenters. The van der Waals surface area contributed by atoms with Gasteiger partial charge >= 0.3 is 0 Å². The minimum absolute atomic E-state index is 0.0348. The van der Waals surface area contributed by atoms with Crippen LogP contribution in [0, 0.1) is 23.6 Å². The minimum Gasteiger partial charge on any atom is -0.388 e. The van der Waals surface area contributed by atoms with Gasteiger partial charge in [0.25, 0.3) is 0 Å². The number of nitrogens with zero attached hydrogens (tertiary/aromatic N) is 8. The maximum Gasteiger partial charge on any atom is 0.226 e. The minimum atomic E-state index is -0.665. The molecule has 0 amide bonds. The van der Waals surface area contributed by atoms with Crippen molar-refractivity contribution in [3.05, 3.63) is 41.6 Å². The number of halogens is 1. The molecule has 1 atom stereocenters. The number of nitrogen functional groups attached to an aromatic ring is 1. The van der Waals surface area contributed by atoms with Crippen molar-refractivity contribution in [2.24, 2.45) is 5.92 Å². The summed E-state index contributed by atoms with van der Waals surface area (Å²) >= 11 is 0. The molecule has 1 saturated heterocycles. The van der Waals surface area contributed by atoms with E-state index in [0.29, 0.717) is 34.9 Å². The number of benzene rings is 1. The van der Waals surface area contributed by atoms with Gasteiger partial charge in [0.1, 0.15) is 5.82 Å². The molecule has 1 aliphatic heterocycles. The average molecular weight is 492 g/mol. The molecule has 0 bridgehead atoms. The molecule has 3 N–H and O–H groups in total. The van der Waals surface area contributed by atoms with Crippen LogP contribution in [0.5, 0.6) is 0 Å². The van der Waals surface area contributed by atoms with Crippen LogP contribution in [0.2, 0.25) is 0 Å². The lowest BCUT2D eigenvalue weighted by atomic mass is 9.98. The number of hydrogen-bond donors (Lipinski definition) is 2. The van der Waals surface area contributed by atoms with Crippen molar-refractivity contribution < 1.29 is 9.50 Å². The predicted octanol–water partition coefficient (Wildman–Crippen LogP) is 2.08. The van der Waals surface area contributed by atoms with Gasteiger partial charge in [-0.15, -0.1) is 5.10 Å². The molecule has 188 valence electrons.